The van der Waals surface area contributed by atoms with E-state index in [9.17, 15) is 22.8 Å². The van der Waals surface area contributed by atoms with Crippen molar-refractivity contribution in [2.45, 2.75) is 64.4 Å². The summed E-state index contributed by atoms with van der Waals surface area (Å²) in [6.45, 7) is 7.66. The first kappa shape index (κ1) is 30.3. The van der Waals surface area contributed by atoms with Gasteiger partial charge in [0.05, 0.1) is 24.3 Å². The predicted octanol–water partition coefficient (Wildman–Crippen LogP) is 2.69. The Hall–Kier alpha value is -2.70. The van der Waals surface area contributed by atoms with Crippen LogP contribution >= 0.6 is 0 Å². The molecular weight excluding hydrogens is 527 g/mol. The van der Waals surface area contributed by atoms with Crippen LogP contribution in [-0.2, 0) is 33.5 Å². The van der Waals surface area contributed by atoms with Crippen LogP contribution in [0.15, 0.2) is 18.3 Å². The van der Waals surface area contributed by atoms with Crippen LogP contribution in [0.3, 0.4) is 0 Å². The van der Waals surface area contributed by atoms with Gasteiger partial charge in [-0.3, -0.25) is 9.59 Å². The smallest absolute Gasteiger partial charge is 0.395 e. The van der Waals surface area contributed by atoms with Gasteiger partial charge in [0.15, 0.2) is 0 Å². The zero-order valence-electron chi connectivity index (χ0n) is 23.4. The fourth-order valence-electron chi connectivity index (χ4n) is 6.60. The molecule has 1 spiro atoms. The normalized spacial score (nSPS) is 24.1. The minimum atomic E-state index is -4.42. The second kappa shape index (κ2) is 12.4. The van der Waals surface area contributed by atoms with Crippen molar-refractivity contribution in [3.63, 3.8) is 0 Å². The van der Waals surface area contributed by atoms with Gasteiger partial charge in [0.1, 0.15) is 12.3 Å². The van der Waals surface area contributed by atoms with Crippen molar-refractivity contribution in [3.05, 3.63) is 29.6 Å². The molecule has 40 heavy (non-hydrogen) atoms. The molecule has 0 radical (unpaired) electrons. The molecule has 2 amide bonds. The van der Waals surface area contributed by atoms with Crippen LogP contribution in [0.4, 0.5) is 13.2 Å². The molecule has 0 unspecified atom stereocenters. The number of halogens is 3. The maximum Gasteiger partial charge on any atom is 0.418 e. The number of alkyl halides is 3. The summed E-state index contributed by atoms with van der Waals surface area (Å²) in [7, 11) is 2.13. The van der Waals surface area contributed by atoms with E-state index in [4.69, 9.17) is 9.84 Å². The summed E-state index contributed by atoms with van der Waals surface area (Å²) in [5.41, 5.74) is 0.960. The molecule has 2 atom stereocenters. The molecule has 2 aromatic heterocycles. The number of carbonyl (C=O) groups is 2. The second-order valence-corrected chi connectivity index (χ2v) is 11.2. The largest absolute Gasteiger partial charge is 0.418 e. The summed E-state index contributed by atoms with van der Waals surface area (Å²) >= 11 is 0. The number of hydrogen-bond donors (Lipinski definition) is 2. The lowest BCUT2D eigenvalue weighted by Crippen LogP contribution is -2.60. The molecular formula is C28H40F3N5O4. The molecule has 2 aromatic rings. The number of rotatable bonds is 5. The lowest BCUT2D eigenvalue weighted by molar-refractivity contribution is -0.142. The Labute approximate surface area is 232 Å². The average molecular weight is 568 g/mol. The number of fused-ring (bicyclic) bond motifs is 2. The SMILES string of the molecule is CC.CN1CC2(CC(Cc3ccc4c(C(F)(F)F)cn(CCO)c4n3)C2)C1.O=CN1CC[C@@H]2OCC(=O)N[C@@H]2C1. The molecule has 5 heterocycles. The van der Waals surface area contributed by atoms with E-state index >= 15 is 0 Å². The van der Waals surface area contributed by atoms with Crippen molar-refractivity contribution in [3.8, 4) is 0 Å². The van der Waals surface area contributed by atoms with Crippen LogP contribution in [0.25, 0.3) is 11.0 Å². The van der Waals surface area contributed by atoms with E-state index in [1.165, 1.54) is 23.5 Å². The summed E-state index contributed by atoms with van der Waals surface area (Å²) < 4.78 is 46.3. The molecule has 3 aliphatic heterocycles. The molecule has 9 nitrogen and oxygen atoms in total. The minimum Gasteiger partial charge on any atom is -0.395 e. The highest BCUT2D eigenvalue weighted by atomic mass is 19.4. The van der Waals surface area contributed by atoms with Gasteiger partial charge in [-0.15, -0.1) is 0 Å². The predicted molar refractivity (Wildman–Crippen MR) is 143 cm³/mol. The first-order valence-electron chi connectivity index (χ1n) is 14.0. The van der Waals surface area contributed by atoms with Crippen molar-refractivity contribution < 1.29 is 32.6 Å². The molecule has 2 N–H and O–H groups in total. The van der Waals surface area contributed by atoms with Crippen LogP contribution in [-0.4, -0.2) is 95.4 Å². The van der Waals surface area contributed by atoms with Gasteiger partial charge in [-0.05, 0) is 56.2 Å². The number of nitrogens with one attached hydrogen (secondary N) is 1. The first-order valence-corrected chi connectivity index (χ1v) is 14.0. The number of aliphatic hydroxyl groups excluding tert-OH is 1. The molecule has 4 fully saturated rings. The average Bonchev–Trinajstić information content (AvgIpc) is 3.26. The number of pyridine rings is 1. The number of aliphatic hydroxyl groups is 1. The number of amides is 2. The van der Waals surface area contributed by atoms with Gasteiger partial charge < -0.3 is 29.5 Å². The number of piperidine rings is 1. The third-order valence-corrected chi connectivity index (χ3v) is 8.08. The summed E-state index contributed by atoms with van der Waals surface area (Å²) in [6.07, 6.45) is 1.53. The van der Waals surface area contributed by atoms with Crippen molar-refractivity contribution in [1.82, 2.24) is 24.7 Å². The van der Waals surface area contributed by atoms with Gasteiger partial charge in [0, 0.05) is 50.0 Å². The number of nitrogens with zero attached hydrogens (tertiary/aromatic N) is 4. The highest BCUT2D eigenvalue weighted by Crippen LogP contribution is 2.52. The molecule has 1 aliphatic carbocycles. The van der Waals surface area contributed by atoms with Crippen molar-refractivity contribution in [2.75, 3.05) is 46.4 Å². The third kappa shape index (κ3) is 6.60. The Morgan fingerprint density at radius 2 is 1.98 bits per heavy atom. The van der Waals surface area contributed by atoms with Gasteiger partial charge in [0.25, 0.3) is 0 Å². The molecule has 12 heteroatoms. The van der Waals surface area contributed by atoms with Crippen LogP contribution in [0, 0.1) is 11.3 Å². The van der Waals surface area contributed by atoms with Crippen molar-refractivity contribution in [2.24, 2.45) is 11.3 Å². The van der Waals surface area contributed by atoms with Crippen molar-refractivity contribution in [1.29, 1.82) is 0 Å². The molecule has 4 aliphatic rings. The quantitative estimate of drug-likeness (QED) is 0.539. The zero-order chi connectivity index (χ0) is 29.1. The molecule has 6 rings (SSSR count). The lowest BCUT2D eigenvalue weighted by atomic mass is 9.57. The Morgan fingerprint density at radius 3 is 2.60 bits per heavy atom. The zero-order valence-corrected chi connectivity index (χ0v) is 23.4. The Morgan fingerprint density at radius 1 is 1.25 bits per heavy atom. The van der Waals surface area contributed by atoms with Gasteiger partial charge in [-0.2, -0.15) is 13.2 Å². The molecule has 0 bridgehead atoms. The Balaban J connectivity index is 0.000000207. The monoisotopic (exact) mass is 567 g/mol. The summed E-state index contributed by atoms with van der Waals surface area (Å²) in [4.78, 5) is 29.9. The topological polar surface area (TPSA) is 99.9 Å². The lowest BCUT2D eigenvalue weighted by Gasteiger charge is -2.58. The molecule has 3 saturated heterocycles. The van der Waals surface area contributed by atoms with E-state index in [0.29, 0.717) is 23.5 Å². The minimum absolute atomic E-state index is 0.0137. The van der Waals surface area contributed by atoms with Crippen LogP contribution in [0.2, 0.25) is 0 Å². The van der Waals surface area contributed by atoms with E-state index in [-0.39, 0.29) is 43.2 Å². The number of carbonyl (C=O) groups excluding carboxylic acids is 2. The fraction of sp³-hybridized carbons (Fsp3) is 0.679. The summed E-state index contributed by atoms with van der Waals surface area (Å²) in [5, 5.41) is 12.1. The van der Waals surface area contributed by atoms with Crippen LogP contribution in [0.5, 0.6) is 0 Å². The molecule has 1 saturated carbocycles. The third-order valence-electron chi connectivity index (χ3n) is 8.08. The maximum atomic E-state index is 13.2. The highest BCUT2D eigenvalue weighted by Gasteiger charge is 2.50. The Bertz CT molecular complexity index is 1170. The highest BCUT2D eigenvalue weighted by molar-refractivity contribution is 5.81. The number of hydrogen-bond acceptors (Lipinski definition) is 6. The van der Waals surface area contributed by atoms with Gasteiger partial charge in [-0.1, -0.05) is 13.8 Å². The number of morpholine rings is 1. The van der Waals surface area contributed by atoms with Gasteiger partial charge >= 0.3 is 6.18 Å². The number of ether oxygens (including phenoxy) is 1. The van der Waals surface area contributed by atoms with E-state index in [0.717, 1.165) is 50.8 Å². The summed E-state index contributed by atoms with van der Waals surface area (Å²) in [6, 6.07) is 3.23. The first-order chi connectivity index (χ1) is 19.1. The van der Waals surface area contributed by atoms with E-state index in [1.54, 1.807) is 11.0 Å². The van der Waals surface area contributed by atoms with E-state index < -0.39 is 11.7 Å². The number of aromatic nitrogens is 2. The van der Waals surface area contributed by atoms with E-state index in [2.05, 4.69) is 22.2 Å². The van der Waals surface area contributed by atoms with Crippen molar-refractivity contribution >= 4 is 23.4 Å². The molecule has 222 valence electrons. The second-order valence-electron chi connectivity index (χ2n) is 11.2. The number of likely N-dealkylation sites (tertiary alicyclic amines) is 2. The Kier molecular flexibility index (Phi) is 9.41. The van der Waals surface area contributed by atoms with Gasteiger partial charge in [0.2, 0.25) is 12.3 Å². The summed E-state index contributed by atoms with van der Waals surface area (Å²) in [5.74, 6) is 0.482. The standard InChI is InChI=1S/C18H22F3N3O.C8H12N2O3.C2H6/c1-23-10-17(11-23)7-12(8-17)6-13-2-3-14-15(18(19,20)21)9-24(4-5-25)16(14)22-13;11-5-10-2-1-7-6(3-10)9-8(12)4-13-7;1-2/h2-3,9,12,25H,4-8,10-11H2,1H3;5-7H,1-4H2,(H,9,12);1-2H3/t;6-,7+;/m.1./s1. The van der Waals surface area contributed by atoms with Crippen LogP contribution < -0.4 is 5.32 Å². The molecule has 0 aromatic carbocycles. The van der Waals surface area contributed by atoms with Crippen LogP contribution in [0.1, 0.15) is 44.4 Å². The van der Waals surface area contributed by atoms with E-state index in [1.807, 2.05) is 13.8 Å². The maximum absolute atomic E-state index is 13.2. The fourth-order valence-corrected chi connectivity index (χ4v) is 6.60. The van der Waals surface area contributed by atoms with Gasteiger partial charge in [-0.25, -0.2) is 4.98 Å².